The van der Waals surface area contributed by atoms with Gasteiger partial charge in [0.1, 0.15) is 11.5 Å². The van der Waals surface area contributed by atoms with Crippen molar-refractivity contribution in [2.24, 2.45) is 0 Å². The van der Waals surface area contributed by atoms with Gasteiger partial charge >= 0.3 is 5.51 Å². The minimum atomic E-state index is -4.31. The Balaban J connectivity index is 1.53. The van der Waals surface area contributed by atoms with Gasteiger partial charge in [-0.1, -0.05) is 11.6 Å². The zero-order valence-corrected chi connectivity index (χ0v) is 17.1. The van der Waals surface area contributed by atoms with Gasteiger partial charge in [-0.2, -0.15) is 13.2 Å². The SMILES string of the molecule is FC(F)(F)Sc1ccc(NC(=S)Nc2ccc(Oc3ccc(Cl)cc3)cc2)cc1. The third kappa shape index (κ3) is 7.16. The monoisotopic (exact) mass is 454 g/mol. The van der Waals surface area contributed by atoms with Gasteiger partial charge in [0.15, 0.2) is 5.11 Å². The first-order chi connectivity index (χ1) is 13.8. The molecule has 2 N–H and O–H groups in total. The van der Waals surface area contributed by atoms with Crippen LogP contribution in [0, 0.1) is 0 Å². The van der Waals surface area contributed by atoms with E-state index in [9.17, 15) is 13.2 Å². The van der Waals surface area contributed by atoms with Crippen molar-refractivity contribution in [2.75, 3.05) is 10.6 Å². The molecule has 0 spiro atoms. The van der Waals surface area contributed by atoms with Crippen LogP contribution >= 0.6 is 35.6 Å². The molecule has 0 bridgehead atoms. The lowest BCUT2D eigenvalue weighted by atomic mass is 10.3. The average molecular weight is 455 g/mol. The van der Waals surface area contributed by atoms with Crippen LogP contribution in [0.15, 0.2) is 77.7 Å². The number of thiocarbonyl (C=S) groups is 1. The molecule has 0 fully saturated rings. The first kappa shape index (κ1) is 21.3. The van der Waals surface area contributed by atoms with Crippen molar-refractivity contribution in [1.82, 2.24) is 0 Å². The molecule has 0 unspecified atom stereocenters. The molecule has 0 heterocycles. The zero-order valence-electron chi connectivity index (χ0n) is 14.7. The van der Waals surface area contributed by atoms with Gasteiger partial charge in [-0.05, 0) is 96.8 Å². The van der Waals surface area contributed by atoms with Gasteiger partial charge in [-0.25, -0.2) is 0 Å². The third-order valence-corrected chi connectivity index (χ3v) is 4.70. The van der Waals surface area contributed by atoms with Crippen LogP contribution in [0.4, 0.5) is 24.5 Å². The van der Waals surface area contributed by atoms with Gasteiger partial charge < -0.3 is 15.4 Å². The number of hydrogen-bond donors (Lipinski definition) is 2. The Bertz CT molecular complexity index is 963. The van der Waals surface area contributed by atoms with Crippen molar-refractivity contribution in [1.29, 1.82) is 0 Å². The maximum absolute atomic E-state index is 12.4. The highest BCUT2D eigenvalue weighted by Crippen LogP contribution is 2.37. The van der Waals surface area contributed by atoms with Gasteiger partial charge in [0.05, 0.1) is 0 Å². The highest BCUT2D eigenvalue weighted by atomic mass is 35.5. The molecule has 3 aromatic rings. The van der Waals surface area contributed by atoms with Crippen LogP contribution in [-0.4, -0.2) is 10.6 Å². The molecule has 0 aliphatic carbocycles. The fourth-order valence-electron chi connectivity index (χ4n) is 2.28. The summed E-state index contributed by atoms with van der Waals surface area (Å²) in [6, 6.07) is 20.0. The molecule has 0 saturated heterocycles. The predicted molar refractivity (Wildman–Crippen MR) is 116 cm³/mol. The Labute approximate surface area is 180 Å². The van der Waals surface area contributed by atoms with E-state index in [0.717, 1.165) is 5.69 Å². The van der Waals surface area contributed by atoms with Gasteiger partial charge in [0.25, 0.3) is 0 Å². The summed E-state index contributed by atoms with van der Waals surface area (Å²) in [5, 5.41) is 6.87. The molecule has 0 atom stereocenters. The van der Waals surface area contributed by atoms with E-state index in [0.29, 0.717) is 27.3 Å². The van der Waals surface area contributed by atoms with E-state index in [1.807, 2.05) is 0 Å². The molecule has 0 radical (unpaired) electrons. The number of nitrogens with one attached hydrogen (secondary N) is 2. The molecular formula is C20H14ClF3N2OS2. The van der Waals surface area contributed by atoms with Crippen LogP contribution in [0.3, 0.4) is 0 Å². The van der Waals surface area contributed by atoms with E-state index in [2.05, 4.69) is 10.6 Å². The van der Waals surface area contributed by atoms with Gasteiger partial charge in [-0.3, -0.25) is 0 Å². The Kier molecular flexibility index (Phi) is 6.89. The van der Waals surface area contributed by atoms with Crippen LogP contribution in [0.1, 0.15) is 0 Å². The van der Waals surface area contributed by atoms with Crippen molar-refractivity contribution in [3.05, 3.63) is 77.8 Å². The fraction of sp³-hybridized carbons (Fsp3) is 0.0500. The summed E-state index contributed by atoms with van der Waals surface area (Å²) in [5.41, 5.74) is -3.00. The van der Waals surface area contributed by atoms with Crippen molar-refractivity contribution in [3.63, 3.8) is 0 Å². The summed E-state index contributed by atoms with van der Waals surface area (Å²) in [4.78, 5) is 0.109. The number of alkyl halides is 3. The molecule has 3 aromatic carbocycles. The first-order valence-electron chi connectivity index (χ1n) is 8.24. The third-order valence-electron chi connectivity index (χ3n) is 3.51. The van der Waals surface area contributed by atoms with E-state index >= 15 is 0 Å². The topological polar surface area (TPSA) is 33.3 Å². The molecule has 29 heavy (non-hydrogen) atoms. The molecule has 0 saturated carbocycles. The number of rotatable bonds is 5. The predicted octanol–water partition coefficient (Wildman–Crippen LogP) is 7.55. The van der Waals surface area contributed by atoms with E-state index in [-0.39, 0.29) is 16.7 Å². The van der Waals surface area contributed by atoms with Crippen LogP contribution in [0.25, 0.3) is 0 Å². The first-order valence-corrected chi connectivity index (χ1v) is 9.84. The van der Waals surface area contributed by atoms with Crippen molar-refractivity contribution in [2.45, 2.75) is 10.4 Å². The minimum Gasteiger partial charge on any atom is -0.457 e. The molecule has 150 valence electrons. The number of anilines is 2. The quantitative estimate of drug-likeness (QED) is 0.307. The van der Waals surface area contributed by atoms with Gasteiger partial charge in [0.2, 0.25) is 0 Å². The summed E-state index contributed by atoms with van der Waals surface area (Å²) >= 11 is 10.9. The van der Waals surface area contributed by atoms with Crippen molar-refractivity contribution in [3.8, 4) is 11.5 Å². The Morgan fingerprint density at radius 3 is 1.72 bits per heavy atom. The zero-order chi connectivity index (χ0) is 20.9. The number of ether oxygens (including phenoxy) is 1. The molecule has 0 aliphatic rings. The summed E-state index contributed by atoms with van der Waals surface area (Å²) < 4.78 is 42.8. The number of halogens is 4. The second-order valence-corrected chi connectivity index (χ2v) is 7.71. The van der Waals surface area contributed by atoms with Crippen LogP contribution < -0.4 is 15.4 Å². The maximum Gasteiger partial charge on any atom is 0.446 e. The van der Waals surface area contributed by atoms with Crippen LogP contribution in [-0.2, 0) is 0 Å². The normalized spacial score (nSPS) is 11.0. The largest absolute Gasteiger partial charge is 0.457 e. The molecule has 3 nitrogen and oxygen atoms in total. The van der Waals surface area contributed by atoms with E-state index in [1.165, 1.54) is 24.3 Å². The Morgan fingerprint density at radius 2 is 1.24 bits per heavy atom. The lowest BCUT2D eigenvalue weighted by Gasteiger charge is -2.12. The number of hydrogen-bond acceptors (Lipinski definition) is 3. The van der Waals surface area contributed by atoms with Crippen LogP contribution in [0.2, 0.25) is 5.02 Å². The van der Waals surface area contributed by atoms with Crippen molar-refractivity contribution >= 4 is 52.1 Å². The van der Waals surface area contributed by atoms with E-state index in [4.69, 9.17) is 28.6 Å². The standard InChI is InChI=1S/C20H14ClF3N2OS2/c21-13-1-7-16(8-2-13)27-17-9-3-14(4-10-17)25-19(28)26-15-5-11-18(12-6-15)29-20(22,23)24/h1-12H,(H2,25,26,28). The molecular weight excluding hydrogens is 441 g/mol. The highest BCUT2D eigenvalue weighted by Gasteiger charge is 2.28. The van der Waals surface area contributed by atoms with Gasteiger partial charge in [-0.15, -0.1) is 0 Å². The maximum atomic E-state index is 12.4. The molecule has 3 rings (SSSR count). The van der Waals surface area contributed by atoms with Crippen molar-refractivity contribution < 1.29 is 17.9 Å². The second-order valence-electron chi connectivity index (χ2n) is 5.73. The summed E-state index contributed by atoms with van der Waals surface area (Å²) in [7, 11) is 0. The molecule has 9 heteroatoms. The summed E-state index contributed by atoms with van der Waals surface area (Å²) in [6.07, 6.45) is 0. The Morgan fingerprint density at radius 1 is 0.793 bits per heavy atom. The molecule has 0 amide bonds. The highest BCUT2D eigenvalue weighted by molar-refractivity contribution is 8.00. The lowest BCUT2D eigenvalue weighted by molar-refractivity contribution is -0.0328. The lowest BCUT2D eigenvalue weighted by Crippen LogP contribution is -2.18. The Hall–Kier alpha value is -2.42. The van der Waals surface area contributed by atoms with E-state index in [1.54, 1.807) is 48.5 Å². The summed E-state index contributed by atoms with van der Waals surface area (Å²) in [6.45, 7) is 0. The number of thioether (sulfide) groups is 1. The molecule has 0 aromatic heterocycles. The van der Waals surface area contributed by atoms with Gasteiger partial charge in [0, 0.05) is 21.3 Å². The smallest absolute Gasteiger partial charge is 0.446 e. The fourth-order valence-corrected chi connectivity index (χ4v) is 3.18. The minimum absolute atomic E-state index is 0.109. The molecule has 0 aliphatic heterocycles. The van der Waals surface area contributed by atoms with E-state index < -0.39 is 5.51 Å². The van der Waals surface area contributed by atoms with Crippen LogP contribution in [0.5, 0.6) is 11.5 Å². The summed E-state index contributed by atoms with van der Waals surface area (Å²) in [5.74, 6) is 1.31. The number of benzene rings is 3. The average Bonchev–Trinajstić information content (AvgIpc) is 2.66. The second kappa shape index (κ2) is 9.39.